The molecular formula is C24H34O2. The van der Waals surface area contributed by atoms with E-state index in [1.165, 1.54) is 11.1 Å². The second-order valence-electron chi connectivity index (χ2n) is 8.22. The van der Waals surface area contributed by atoms with Gasteiger partial charge < -0.3 is 10.2 Å². The standard InChI is InChI=1S/C24H34O2/c1-15(2)21-13-19(11-17(5)23(21)25)9-7-8-10-20-12-18(6)24(26)22(14-20)16(3)4/h11-16,25-26H,7-10H2,1-6H3. The molecule has 2 N–H and O–H groups in total. The van der Waals surface area contributed by atoms with E-state index in [0.29, 0.717) is 23.3 Å². The van der Waals surface area contributed by atoms with Gasteiger partial charge in [-0.2, -0.15) is 0 Å². The first-order valence-electron chi connectivity index (χ1n) is 9.85. The molecule has 0 aliphatic heterocycles. The number of hydrogen-bond acceptors (Lipinski definition) is 2. The Hall–Kier alpha value is -1.96. The maximum atomic E-state index is 10.2. The molecule has 0 spiro atoms. The van der Waals surface area contributed by atoms with Crippen LogP contribution >= 0.6 is 0 Å². The van der Waals surface area contributed by atoms with Gasteiger partial charge in [0.25, 0.3) is 0 Å². The van der Waals surface area contributed by atoms with Crippen LogP contribution in [0.2, 0.25) is 0 Å². The second kappa shape index (κ2) is 8.62. The maximum Gasteiger partial charge on any atom is 0.121 e. The molecule has 2 aromatic carbocycles. The van der Waals surface area contributed by atoms with Crippen molar-refractivity contribution < 1.29 is 10.2 Å². The smallest absolute Gasteiger partial charge is 0.121 e. The fourth-order valence-electron chi connectivity index (χ4n) is 3.59. The Balaban J connectivity index is 1.99. The average Bonchev–Trinajstić information content (AvgIpc) is 2.56. The SMILES string of the molecule is Cc1cc(CCCCc2cc(C)c(O)c(C(C)C)c2)cc(C(C)C)c1O. The summed E-state index contributed by atoms with van der Waals surface area (Å²) < 4.78 is 0. The van der Waals surface area contributed by atoms with E-state index < -0.39 is 0 Å². The zero-order valence-corrected chi connectivity index (χ0v) is 17.2. The highest BCUT2D eigenvalue weighted by molar-refractivity contribution is 5.45. The van der Waals surface area contributed by atoms with Crippen molar-refractivity contribution >= 4 is 0 Å². The summed E-state index contributed by atoms with van der Waals surface area (Å²) in [6.07, 6.45) is 4.32. The fourth-order valence-corrected chi connectivity index (χ4v) is 3.59. The molecule has 0 aliphatic carbocycles. The first-order valence-corrected chi connectivity index (χ1v) is 9.85. The Morgan fingerprint density at radius 1 is 0.654 bits per heavy atom. The Kier molecular flexibility index (Phi) is 6.75. The molecule has 26 heavy (non-hydrogen) atoms. The van der Waals surface area contributed by atoms with Gasteiger partial charge in [0.2, 0.25) is 0 Å². The second-order valence-corrected chi connectivity index (χ2v) is 8.22. The topological polar surface area (TPSA) is 40.5 Å². The molecular weight excluding hydrogens is 320 g/mol. The minimum absolute atomic E-state index is 0.336. The fraction of sp³-hybridized carbons (Fsp3) is 0.500. The molecule has 0 bridgehead atoms. The molecule has 142 valence electrons. The van der Waals surface area contributed by atoms with Gasteiger partial charge in [0.15, 0.2) is 0 Å². The van der Waals surface area contributed by atoms with Gasteiger partial charge >= 0.3 is 0 Å². The maximum absolute atomic E-state index is 10.2. The van der Waals surface area contributed by atoms with Crippen LogP contribution in [-0.4, -0.2) is 10.2 Å². The van der Waals surface area contributed by atoms with Crippen LogP contribution in [0, 0.1) is 13.8 Å². The summed E-state index contributed by atoms with van der Waals surface area (Å²) in [5, 5.41) is 20.4. The quantitative estimate of drug-likeness (QED) is 0.555. The van der Waals surface area contributed by atoms with Crippen LogP contribution in [-0.2, 0) is 12.8 Å². The van der Waals surface area contributed by atoms with Crippen LogP contribution in [0.3, 0.4) is 0 Å². The van der Waals surface area contributed by atoms with Crippen molar-refractivity contribution in [3.05, 3.63) is 57.6 Å². The van der Waals surface area contributed by atoms with Gasteiger partial charge in [0.05, 0.1) is 0 Å². The average molecular weight is 355 g/mol. The number of benzene rings is 2. The number of phenolic OH excluding ortho intramolecular Hbond substituents is 2. The molecule has 0 radical (unpaired) electrons. The molecule has 2 heteroatoms. The van der Waals surface area contributed by atoms with Gasteiger partial charge in [-0.3, -0.25) is 0 Å². The van der Waals surface area contributed by atoms with Gasteiger partial charge in [-0.25, -0.2) is 0 Å². The Labute approximate surface area is 158 Å². The summed E-state index contributed by atoms with van der Waals surface area (Å²) in [4.78, 5) is 0. The van der Waals surface area contributed by atoms with E-state index >= 15 is 0 Å². The number of rotatable bonds is 7. The van der Waals surface area contributed by atoms with Gasteiger partial charge in [0.1, 0.15) is 11.5 Å². The lowest BCUT2D eigenvalue weighted by Gasteiger charge is -2.14. The van der Waals surface area contributed by atoms with E-state index in [4.69, 9.17) is 0 Å². The zero-order chi connectivity index (χ0) is 19.4. The summed E-state index contributed by atoms with van der Waals surface area (Å²) in [5.74, 6) is 1.57. The third-order valence-electron chi connectivity index (χ3n) is 5.20. The summed E-state index contributed by atoms with van der Waals surface area (Å²) in [7, 11) is 0. The van der Waals surface area contributed by atoms with Gasteiger partial charge in [-0.05, 0) is 84.7 Å². The van der Waals surface area contributed by atoms with Gasteiger partial charge in [0, 0.05) is 0 Å². The molecule has 0 fully saturated rings. The molecule has 2 nitrogen and oxygen atoms in total. The third kappa shape index (κ3) is 4.81. The lowest BCUT2D eigenvalue weighted by Crippen LogP contribution is -1.97. The molecule has 0 aromatic heterocycles. The van der Waals surface area contributed by atoms with Crippen LogP contribution < -0.4 is 0 Å². The first-order chi connectivity index (χ1) is 12.2. The predicted octanol–water partition coefficient (Wildman–Crippen LogP) is 6.53. The Morgan fingerprint density at radius 3 is 1.31 bits per heavy atom. The number of aryl methyl sites for hydroxylation is 4. The van der Waals surface area contributed by atoms with Crippen LogP contribution in [0.25, 0.3) is 0 Å². The summed E-state index contributed by atoms with van der Waals surface area (Å²) in [5.41, 5.74) is 6.68. The highest BCUT2D eigenvalue weighted by Crippen LogP contribution is 2.32. The predicted molar refractivity (Wildman–Crippen MR) is 111 cm³/mol. The van der Waals surface area contributed by atoms with E-state index in [1.54, 1.807) is 0 Å². The monoisotopic (exact) mass is 354 g/mol. The molecule has 0 saturated heterocycles. The number of hydrogen-bond donors (Lipinski definition) is 2. The zero-order valence-electron chi connectivity index (χ0n) is 17.2. The third-order valence-corrected chi connectivity index (χ3v) is 5.20. The lowest BCUT2D eigenvalue weighted by molar-refractivity contribution is 0.459. The minimum atomic E-state index is 0.336. The van der Waals surface area contributed by atoms with E-state index in [1.807, 2.05) is 13.8 Å². The first kappa shape index (κ1) is 20.4. The minimum Gasteiger partial charge on any atom is -0.507 e. The summed E-state index contributed by atoms with van der Waals surface area (Å²) >= 11 is 0. The summed E-state index contributed by atoms with van der Waals surface area (Å²) in [6, 6.07) is 8.55. The molecule has 0 unspecified atom stereocenters. The van der Waals surface area contributed by atoms with Crippen molar-refractivity contribution in [2.45, 2.75) is 79.1 Å². The number of unbranched alkanes of at least 4 members (excludes halogenated alkanes) is 1. The molecule has 0 saturated carbocycles. The lowest BCUT2D eigenvalue weighted by atomic mass is 9.93. The Bertz CT molecular complexity index is 692. The Morgan fingerprint density at radius 2 is 1.00 bits per heavy atom. The van der Waals surface area contributed by atoms with Crippen LogP contribution in [0.15, 0.2) is 24.3 Å². The van der Waals surface area contributed by atoms with Crippen LogP contribution in [0.5, 0.6) is 11.5 Å². The molecule has 0 aliphatic rings. The number of aromatic hydroxyl groups is 2. The van der Waals surface area contributed by atoms with Crippen LogP contribution in [0.1, 0.15) is 85.8 Å². The van der Waals surface area contributed by atoms with Crippen molar-refractivity contribution in [3.63, 3.8) is 0 Å². The van der Waals surface area contributed by atoms with E-state index in [2.05, 4.69) is 52.0 Å². The van der Waals surface area contributed by atoms with E-state index in [0.717, 1.165) is 47.9 Å². The normalized spacial score (nSPS) is 11.5. The van der Waals surface area contributed by atoms with Crippen molar-refractivity contribution in [1.82, 2.24) is 0 Å². The van der Waals surface area contributed by atoms with Crippen LogP contribution in [0.4, 0.5) is 0 Å². The molecule has 2 rings (SSSR count). The molecule has 2 aromatic rings. The highest BCUT2D eigenvalue weighted by Gasteiger charge is 2.12. The highest BCUT2D eigenvalue weighted by atomic mass is 16.3. The largest absolute Gasteiger partial charge is 0.507 e. The van der Waals surface area contributed by atoms with Gasteiger partial charge in [-0.15, -0.1) is 0 Å². The summed E-state index contributed by atoms with van der Waals surface area (Å²) in [6.45, 7) is 12.5. The van der Waals surface area contributed by atoms with E-state index in [9.17, 15) is 10.2 Å². The van der Waals surface area contributed by atoms with E-state index in [-0.39, 0.29) is 0 Å². The molecule has 0 amide bonds. The number of phenols is 2. The van der Waals surface area contributed by atoms with Crippen molar-refractivity contribution in [2.75, 3.05) is 0 Å². The molecule has 0 heterocycles. The molecule has 0 atom stereocenters. The van der Waals surface area contributed by atoms with Crippen molar-refractivity contribution in [2.24, 2.45) is 0 Å². The van der Waals surface area contributed by atoms with Crippen molar-refractivity contribution in [1.29, 1.82) is 0 Å². The van der Waals surface area contributed by atoms with Crippen molar-refractivity contribution in [3.8, 4) is 11.5 Å². The van der Waals surface area contributed by atoms with Gasteiger partial charge in [-0.1, -0.05) is 52.0 Å².